The van der Waals surface area contributed by atoms with E-state index in [1.54, 1.807) is 19.2 Å². The average molecular weight is 291 g/mol. The van der Waals surface area contributed by atoms with Crippen LogP contribution in [0, 0.1) is 5.92 Å². The molecule has 0 bridgehead atoms. The standard InChI is InChI=1S/C16H21NO4/c1-3-4-5-12(16(19)17-2)8-14(18)11-6-7-13-10-20-21-15(13)9-11/h6-7,9,12H,3-5,8,10H2,1-2H3,(H,17,19). The fraction of sp³-hybridized carbons (Fsp3) is 0.500. The van der Waals surface area contributed by atoms with E-state index in [9.17, 15) is 9.59 Å². The van der Waals surface area contributed by atoms with Crippen molar-refractivity contribution in [2.24, 2.45) is 5.92 Å². The molecule has 1 atom stereocenters. The first kappa shape index (κ1) is 15.5. The number of amides is 1. The zero-order valence-electron chi connectivity index (χ0n) is 12.5. The lowest BCUT2D eigenvalue weighted by Gasteiger charge is -2.14. The molecule has 1 aliphatic rings. The first-order valence-electron chi connectivity index (χ1n) is 7.33. The van der Waals surface area contributed by atoms with Crippen LogP contribution in [0.5, 0.6) is 5.75 Å². The molecule has 1 heterocycles. The number of Topliss-reactive ketones (excluding diaryl/α,β-unsaturated/α-hetero) is 1. The summed E-state index contributed by atoms with van der Waals surface area (Å²) in [7, 11) is 1.60. The Hall–Kier alpha value is -1.88. The second-order valence-electron chi connectivity index (χ2n) is 5.25. The number of carbonyl (C=O) groups is 2. The molecule has 1 amide bonds. The smallest absolute Gasteiger partial charge is 0.223 e. The van der Waals surface area contributed by atoms with Gasteiger partial charge < -0.3 is 10.2 Å². The quantitative estimate of drug-likeness (QED) is 0.619. The van der Waals surface area contributed by atoms with E-state index in [0.717, 1.165) is 24.8 Å². The van der Waals surface area contributed by atoms with Gasteiger partial charge in [-0.2, -0.15) is 4.89 Å². The van der Waals surface area contributed by atoms with Crippen molar-refractivity contribution in [3.8, 4) is 5.75 Å². The van der Waals surface area contributed by atoms with Crippen LogP contribution < -0.4 is 10.2 Å². The summed E-state index contributed by atoms with van der Waals surface area (Å²) in [5.74, 6) is 0.203. The zero-order valence-corrected chi connectivity index (χ0v) is 12.5. The lowest BCUT2D eigenvalue weighted by Crippen LogP contribution is -2.29. The Morgan fingerprint density at radius 3 is 2.90 bits per heavy atom. The summed E-state index contributed by atoms with van der Waals surface area (Å²) in [6, 6.07) is 5.28. The number of hydrogen-bond donors (Lipinski definition) is 1. The highest BCUT2D eigenvalue weighted by Crippen LogP contribution is 2.28. The van der Waals surface area contributed by atoms with Crippen LogP contribution in [-0.2, 0) is 16.3 Å². The molecule has 0 saturated heterocycles. The van der Waals surface area contributed by atoms with Crippen molar-refractivity contribution in [2.75, 3.05) is 7.05 Å². The summed E-state index contributed by atoms with van der Waals surface area (Å²) < 4.78 is 0. The molecular weight excluding hydrogens is 270 g/mol. The highest BCUT2D eigenvalue weighted by Gasteiger charge is 2.23. The molecule has 21 heavy (non-hydrogen) atoms. The normalized spacial score (nSPS) is 14.2. The highest BCUT2D eigenvalue weighted by molar-refractivity contribution is 5.99. The van der Waals surface area contributed by atoms with E-state index >= 15 is 0 Å². The fourth-order valence-electron chi connectivity index (χ4n) is 2.40. The monoisotopic (exact) mass is 291 g/mol. The summed E-state index contributed by atoms with van der Waals surface area (Å²) in [5.41, 5.74) is 1.49. The maximum atomic E-state index is 12.4. The second kappa shape index (κ2) is 7.22. The number of benzene rings is 1. The van der Waals surface area contributed by atoms with Crippen LogP contribution in [0.2, 0.25) is 0 Å². The topological polar surface area (TPSA) is 64.6 Å². The van der Waals surface area contributed by atoms with Crippen LogP contribution in [0.25, 0.3) is 0 Å². The van der Waals surface area contributed by atoms with Crippen LogP contribution in [0.3, 0.4) is 0 Å². The number of carbonyl (C=O) groups excluding carboxylic acids is 2. The van der Waals surface area contributed by atoms with E-state index in [4.69, 9.17) is 9.78 Å². The number of nitrogens with one attached hydrogen (secondary N) is 1. The number of fused-ring (bicyclic) bond motifs is 1. The van der Waals surface area contributed by atoms with Crippen molar-refractivity contribution in [1.29, 1.82) is 0 Å². The van der Waals surface area contributed by atoms with Crippen molar-refractivity contribution >= 4 is 11.7 Å². The predicted octanol–water partition coefficient (Wildman–Crippen LogP) is 2.64. The molecule has 2 rings (SSSR count). The SMILES string of the molecule is CCCCC(CC(=O)c1ccc2c(c1)OOC2)C(=O)NC. The lowest BCUT2D eigenvalue weighted by atomic mass is 9.92. The molecule has 1 aliphatic heterocycles. The Morgan fingerprint density at radius 2 is 2.19 bits per heavy atom. The van der Waals surface area contributed by atoms with Crippen LogP contribution in [0.4, 0.5) is 0 Å². The van der Waals surface area contributed by atoms with Gasteiger partial charge in [-0.1, -0.05) is 31.9 Å². The molecule has 5 heteroatoms. The first-order valence-corrected chi connectivity index (χ1v) is 7.33. The molecule has 114 valence electrons. The Morgan fingerprint density at radius 1 is 1.38 bits per heavy atom. The van der Waals surface area contributed by atoms with Gasteiger partial charge in [0.1, 0.15) is 6.61 Å². The molecule has 1 aromatic rings. The van der Waals surface area contributed by atoms with E-state index in [2.05, 4.69) is 12.2 Å². The van der Waals surface area contributed by atoms with Gasteiger partial charge in [-0.05, 0) is 12.5 Å². The Labute approximate surface area is 124 Å². The molecule has 1 N–H and O–H groups in total. The largest absolute Gasteiger partial charge is 0.359 e. The van der Waals surface area contributed by atoms with E-state index < -0.39 is 0 Å². The first-order chi connectivity index (χ1) is 10.2. The van der Waals surface area contributed by atoms with E-state index in [0.29, 0.717) is 17.9 Å². The Balaban J connectivity index is 2.05. The summed E-state index contributed by atoms with van der Waals surface area (Å²) in [5, 5.41) is 2.64. The molecule has 0 radical (unpaired) electrons. The molecule has 1 unspecified atom stereocenters. The number of ketones is 1. The van der Waals surface area contributed by atoms with Gasteiger partial charge in [-0.25, -0.2) is 0 Å². The third kappa shape index (κ3) is 3.82. The number of unbranched alkanes of at least 4 members (excludes halogenated alkanes) is 1. The van der Waals surface area contributed by atoms with Gasteiger partial charge in [-0.3, -0.25) is 9.59 Å². The maximum absolute atomic E-state index is 12.4. The summed E-state index contributed by atoms with van der Waals surface area (Å²) in [6.45, 7) is 2.47. The van der Waals surface area contributed by atoms with Gasteiger partial charge in [0.05, 0.1) is 0 Å². The molecule has 5 nitrogen and oxygen atoms in total. The molecule has 0 saturated carbocycles. The lowest BCUT2D eigenvalue weighted by molar-refractivity contribution is -0.194. The molecule has 0 fully saturated rings. The molecule has 1 aromatic carbocycles. The number of hydrogen-bond acceptors (Lipinski definition) is 4. The maximum Gasteiger partial charge on any atom is 0.223 e. The molecule has 0 spiro atoms. The van der Waals surface area contributed by atoms with Crippen molar-refractivity contribution in [3.05, 3.63) is 29.3 Å². The van der Waals surface area contributed by atoms with Crippen molar-refractivity contribution in [1.82, 2.24) is 5.32 Å². The van der Waals surface area contributed by atoms with Gasteiger partial charge in [0, 0.05) is 30.5 Å². The van der Waals surface area contributed by atoms with Gasteiger partial charge in [0.15, 0.2) is 11.5 Å². The van der Waals surface area contributed by atoms with E-state index in [-0.39, 0.29) is 24.0 Å². The summed E-state index contributed by atoms with van der Waals surface area (Å²) in [4.78, 5) is 34.1. The minimum absolute atomic E-state index is 0.0435. The van der Waals surface area contributed by atoms with Crippen molar-refractivity contribution in [3.63, 3.8) is 0 Å². The fourth-order valence-corrected chi connectivity index (χ4v) is 2.40. The molecule has 0 aliphatic carbocycles. The predicted molar refractivity (Wildman–Crippen MR) is 77.9 cm³/mol. The van der Waals surface area contributed by atoms with Crippen LogP contribution in [-0.4, -0.2) is 18.7 Å². The van der Waals surface area contributed by atoms with Gasteiger partial charge in [0.25, 0.3) is 0 Å². The van der Waals surface area contributed by atoms with Gasteiger partial charge >= 0.3 is 0 Å². The van der Waals surface area contributed by atoms with Crippen molar-refractivity contribution < 1.29 is 19.4 Å². The Bertz CT molecular complexity index is 527. The van der Waals surface area contributed by atoms with E-state index in [1.807, 2.05) is 6.07 Å². The summed E-state index contributed by atoms with van der Waals surface area (Å²) in [6.07, 6.45) is 2.89. The van der Waals surface area contributed by atoms with Crippen LogP contribution in [0.1, 0.15) is 48.5 Å². The van der Waals surface area contributed by atoms with Crippen LogP contribution in [0.15, 0.2) is 18.2 Å². The Kier molecular flexibility index (Phi) is 5.33. The average Bonchev–Trinajstić information content (AvgIpc) is 2.97. The van der Waals surface area contributed by atoms with Crippen LogP contribution >= 0.6 is 0 Å². The number of rotatable bonds is 7. The van der Waals surface area contributed by atoms with E-state index in [1.165, 1.54) is 0 Å². The van der Waals surface area contributed by atoms with Gasteiger partial charge in [0.2, 0.25) is 5.91 Å². The van der Waals surface area contributed by atoms with Gasteiger partial charge in [-0.15, -0.1) is 0 Å². The minimum atomic E-state index is -0.270. The molecule has 0 aromatic heterocycles. The third-order valence-electron chi connectivity index (χ3n) is 3.71. The minimum Gasteiger partial charge on any atom is -0.359 e. The third-order valence-corrected chi connectivity index (χ3v) is 3.71. The summed E-state index contributed by atoms with van der Waals surface area (Å²) >= 11 is 0. The zero-order chi connectivity index (χ0) is 15.2. The second-order valence-corrected chi connectivity index (χ2v) is 5.25. The highest BCUT2D eigenvalue weighted by atomic mass is 17.2. The molecular formula is C16H21NO4. The van der Waals surface area contributed by atoms with Crippen molar-refractivity contribution in [2.45, 2.75) is 39.2 Å².